The number of aryl methyl sites for hydroxylation is 1. The van der Waals surface area contributed by atoms with Crippen molar-refractivity contribution in [2.75, 3.05) is 0 Å². The SMILES string of the molecule is Cc1cccc(C(=O)NC(C)(C)/C(N)=N/O)n1. The van der Waals surface area contributed by atoms with E-state index >= 15 is 0 Å². The molecule has 17 heavy (non-hydrogen) atoms. The average molecular weight is 236 g/mol. The molecule has 0 bridgehead atoms. The van der Waals surface area contributed by atoms with E-state index in [1.165, 1.54) is 0 Å². The number of carbonyl (C=O) groups excluding carboxylic acids is 1. The van der Waals surface area contributed by atoms with Crippen LogP contribution in [0.15, 0.2) is 23.4 Å². The molecule has 1 rings (SSSR count). The Labute approximate surface area is 99.5 Å². The van der Waals surface area contributed by atoms with Crippen LogP contribution < -0.4 is 11.1 Å². The minimum Gasteiger partial charge on any atom is -0.409 e. The van der Waals surface area contributed by atoms with Gasteiger partial charge in [0.15, 0.2) is 5.84 Å². The largest absolute Gasteiger partial charge is 0.409 e. The van der Waals surface area contributed by atoms with Gasteiger partial charge < -0.3 is 16.3 Å². The molecule has 0 aromatic carbocycles. The van der Waals surface area contributed by atoms with Crippen molar-refractivity contribution in [2.45, 2.75) is 26.3 Å². The maximum Gasteiger partial charge on any atom is 0.270 e. The number of aromatic nitrogens is 1. The van der Waals surface area contributed by atoms with Crippen molar-refractivity contribution >= 4 is 11.7 Å². The lowest BCUT2D eigenvalue weighted by molar-refractivity contribution is 0.0925. The van der Waals surface area contributed by atoms with Gasteiger partial charge in [0.25, 0.3) is 5.91 Å². The van der Waals surface area contributed by atoms with Crippen LogP contribution in [0.1, 0.15) is 30.0 Å². The Balaban J connectivity index is 2.87. The average Bonchev–Trinajstić information content (AvgIpc) is 2.27. The number of amides is 1. The second kappa shape index (κ2) is 4.82. The molecule has 1 aromatic heterocycles. The van der Waals surface area contributed by atoms with E-state index in [2.05, 4.69) is 15.5 Å². The minimum atomic E-state index is -0.933. The number of amidine groups is 1. The third-order valence-electron chi connectivity index (χ3n) is 2.30. The summed E-state index contributed by atoms with van der Waals surface area (Å²) in [6.07, 6.45) is 0. The van der Waals surface area contributed by atoms with Gasteiger partial charge in [0, 0.05) is 5.69 Å². The van der Waals surface area contributed by atoms with Gasteiger partial charge in [-0.3, -0.25) is 4.79 Å². The number of hydrogen-bond acceptors (Lipinski definition) is 4. The Morgan fingerprint density at radius 1 is 1.53 bits per heavy atom. The Kier molecular flexibility index (Phi) is 3.67. The molecule has 1 heterocycles. The number of hydrogen-bond donors (Lipinski definition) is 3. The lowest BCUT2D eigenvalue weighted by Crippen LogP contribution is -2.53. The first-order valence-electron chi connectivity index (χ1n) is 5.11. The molecule has 0 aliphatic rings. The van der Waals surface area contributed by atoms with Crippen LogP contribution in [-0.4, -0.2) is 27.5 Å². The molecule has 0 atom stereocenters. The first-order chi connectivity index (χ1) is 7.86. The van der Waals surface area contributed by atoms with E-state index in [1.807, 2.05) is 0 Å². The zero-order valence-corrected chi connectivity index (χ0v) is 10.1. The van der Waals surface area contributed by atoms with Crippen LogP contribution in [0.5, 0.6) is 0 Å². The summed E-state index contributed by atoms with van der Waals surface area (Å²) in [5, 5.41) is 14.1. The summed E-state index contributed by atoms with van der Waals surface area (Å²) in [5.74, 6) is -0.441. The highest BCUT2D eigenvalue weighted by atomic mass is 16.4. The van der Waals surface area contributed by atoms with Crippen molar-refractivity contribution in [3.8, 4) is 0 Å². The van der Waals surface area contributed by atoms with Crippen molar-refractivity contribution in [3.05, 3.63) is 29.6 Å². The highest BCUT2D eigenvalue weighted by Gasteiger charge is 2.26. The van der Waals surface area contributed by atoms with Crippen molar-refractivity contribution in [1.29, 1.82) is 0 Å². The maximum absolute atomic E-state index is 11.9. The predicted molar refractivity (Wildman–Crippen MR) is 63.9 cm³/mol. The molecule has 4 N–H and O–H groups in total. The molecule has 0 unspecified atom stereocenters. The summed E-state index contributed by atoms with van der Waals surface area (Å²) in [5.41, 5.74) is 5.58. The number of carbonyl (C=O) groups is 1. The van der Waals surface area contributed by atoms with E-state index in [1.54, 1.807) is 39.0 Å². The van der Waals surface area contributed by atoms with E-state index in [0.29, 0.717) is 5.69 Å². The molecular formula is C11H16N4O2. The zero-order valence-electron chi connectivity index (χ0n) is 10.1. The summed E-state index contributed by atoms with van der Waals surface area (Å²) in [4.78, 5) is 16.0. The van der Waals surface area contributed by atoms with E-state index in [9.17, 15) is 4.79 Å². The molecule has 0 fully saturated rings. The summed E-state index contributed by atoms with van der Waals surface area (Å²) < 4.78 is 0. The zero-order chi connectivity index (χ0) is 13.1. The quantitative estimate of drug-likeness (QED) is 0.310. The standard InChI is InChI=1S/C11H16N4O2/c1-7-5-4-6-8(13-7)9(16)14-11(2,3)10(12)15-17/h4-6,17H,1-3H3,(H2,12,15)(H,14,16). The highest BCUT2D eigenvalue weighted by Crippen LogP contribution is 2.05. The Morgan fingerprint density at radius 3 is 2.71 bits per heavy atom. The van der Waals surface area contributed by atoms with Crippen LogP contribution in [-0.2, 0) is 0 Å². The number of rotatable bonds is 3. The number of oxime groups is 1. The van der Waals surface area contributed by atoms with Gasteiger partial charge in [-0.05, 0) is 32.9 Å². The predicted octanol–water partition coefficient (Wildman–Crippen LogP) is 0.645. The van der Waals surface area contributed by atoms with Gasteiger partial charge in [0.1, 0.15) is 5.69 Å². The molecule has 6 nitrogen and oxygen atoms in total. The van der Waals surface area contributed by atoms with Crippen LogP contribution >= 0.6 is 0 Å². The minimum absolute atomic E-state index is 0.0708. The van der Waals surface area contributed by atoms with E-state index in [0.717, 1.165) is 5.69 Å². The summed E-state index contributed by atoms with van der Waals surface area (Å²) in [6, 6.07) is 5.14. The fourth-order valence-corrected chi connectivity index (χ4v) is 1.21. The molecule has 92 valence electrons. The van der Waals surface area contributed by atoms with Gasteiger partial charge in [-0.25, -0.2) is 4.98 Å². The molecule has 1 aromatic rings. The molecule has 1 amide bonds. The lowest BCUT2D eigenvalue weighted by atomic mass is 10.0. The summed E-state index contributed by atoms with van der Waals surface area (Å²) in [7, 11) is 0. The van der Waals surface area contributed by atoms with Crippen LogP contribution in [0, 0.1) is 6.92 Å². The van der Waals surface area contributed by atoms with E-state index in [-0.39, 0.29) is 11.7 Å². The molecule has 0 saturated carbocycles. The molecule has 6 heteroatoms. The number of nitrogens with zero attached hydrogens (tertiary/aromatic N) is 2. The Bertz CT molecular complexity index is 455. The summed E-state index contributed by atoms with van der Waals surface area (Å²) >= 11 is 0. The monoisotopic (exact) mass is 236 g/mol. The molecule has 0 spiro atoms. The molecule has 0 radical (unpaired) electrons. The second-order valence-electron chi connectivity index (χ2n) is 4.23. The van der Waals surface area contributed by atoms with Gasteiger partial charge in [0.2, 0.25) is 0 Å². The van der Waals surface area contributed by atoms with Crippen LogP contribution in [0.4, 0.5) is 0 Å². The van der Waals surface area contributed by atoms with Crippen LogP contribution in [0.25, 0.3) is 0 Å². The number of nitrogens with one attached hydrogen (secondary N) is 1. The Hall–Kier alpha value is -2.11. The maximum atomic E-state index is 11.9. The van der Waals surface area contributed by atoms with Crippen LogP contribution in [0.3, 0.4) is 0 Å². The van der Waals surface area contributed by atoms with Gasteiger partial charge in [-0.15, -0.1) is 0 Å². The van der Waals surface area contributed by atoms with Crippen LogP contribution in [0.2, 0.25) is 0 Å². The third kappa shape index (κ3) is 3.17. The van der Waals surface area contributed by atoms with Gasteiger partial charge in [-0.1, -0.05) is 11.2 Å². The van der Waals surface area contributed by atoms with Gasteiger partial charge in [-0.2, -0.15) is 0 Å². The second-order valence-corrected chi connectivity index (χ2v) is 4.23. The van der Waals surface area contributed by atoms with Crippen molar-refractivity contribution in [3.63, 3.8) is 0 Å². The topological polar surface area (TPSA) is 101 Å². The molecule has 0 aliphatic heterocycles. The first kappa shape index (κ1) is 13.0. The molecular weight excluding hydrogens is 220 g/mol. The third-order valence-corrected chi connectivity index (χ3v) is 2.30. The normalized spacial score (nSPS) is 12.3. The fourth-order valence-electron chi connectivity index (χ4n) is 1.21. The molecule has 0 saturated heterocycles. The van der Waals surface area contributed by atoms with Gasteiger partial charge >= 0.3 is 0 Å². The van der Waals surface area contributed by atoms with E-state index in [4.69, 9.17) is 10.9 Å². The van der Waals surface area contributed by atoms with E-state index < -0.39 is 5.54 Å². The lowest BCUT2D eigenvalue weighted by Gasteiger charge is -2.24. The number of pyridine rings is 1. The fraction of sp³-hybridized carbons (Fsp3) is 0.364. The molecule has 0 aliphatic carbocycles. The van der Waals surface area contributed by atoms with Gasteiger partial charge in [0.05, 0.1) is 5.54 Å². The summed E-state index contributed by atoms with van der Waals surface area (Å²) in [6.45, 7) is 5.07. The van der Waals surface area contributed by atoms with Crippen molar-refractivity contribution < 1.29 is 10.0 Å². The Morgan fingerprint density at radius 2 is 2.18 bits per heavy atom. The first-order valence-corrected chi connectivity index (χ1v) is 5.11. The van der Waals surface area contributed by atoms with Crippen molar-refractivity contribution in [1.82, 2.24) is 10.3 Å². The highest BCUT2D eigenvalue weighted by molar-refractivity contribution is 5.98. The number of nitrogens with two attached hydrogens (primary N) is 1. The smallest absolute Gasteiger partial charge is 0.270 e. The van der Waals surface area contributed by atoms with Crippen molar-refractivity contribution in [2.24, 2.45) is 10.9 Å².